The summed E-state index contributed by atoms with van der Waals surface area (Å²) in [5.41, 5.74) is 5.38. The molecule has 3 nitrogen and oxygen atoms in total. The molecule has 0 saturated carbocycles. The van der Waals surface area contributed by atoms with Gasteiger partial charge in [-0.15, -0.1) is 0 Å². The molecule has 2 aliphatic rings. The van der Waals surface area contributed by atoms with Gasteiger partial charge in [0.15, 0.2) is 0 Å². The molecule has 0 fully saturated rings. The van der Waals surface area contributed by atoms with Crippen LogP contribution < -0.4 is 15.4 Å². The van der Waals surface area contributed by atoms with Crippen molar-refractivity contribution in [2.24, 2.45) is 0 Å². The molecule has 0 aromatic heterocycles. The van der Waals surface area contributed by atoms with E-state index in [4.69, 9.17) is 4.74 Å². The topological polar surface area (TPSA) is 33.3 Å². The lowest BCUT2D eigenvalue weighted by Gasteiger charge is -2.38. The molecule has 144 valence electrons. The van der Waals surface area contributed by atoms with Crippen LogP contribution in [0.15, 0.2) is 36.4 Å². The maximum Gasteiger partial charge on any atom is 0.129 e. The minimum atomic E-state index is 0.114. The molecular weight excluding hydrogens is 332 g/mol. The first kappa shape index (κ1) is 18.2. The summed E-state index contributed by atoms with van der Waals surface area (Å²) in [5, 5.41) is 7.33. The first-order chi connectivity index (χ1) is 12.6. The van der Waals surface area contributed by atoms with Gasteiger partial charge < -0.3 is 15.4 Å². The van der Waals surface area contributed by atoms with Gasteiger partial charge in [-0.2, -0.15) is 0 Å². The summed E-state index contributed by atoms with van der Waals surface area (Å²) >= 11 is 0. The van der Waals surface area contributed by atoms with Crippen molar-refractivity contribution in [1.82, 2.24) is 0 Å². The molecule has 0 aliphatic carbocycles. The van der Waals surface area contributed by atoms with Crippen LogP contribution in [0, 0.1) is 0 Å². The number of hydrogen-bond donors (Lipinski definition) is 2. The van der Waals surface area contributed by atoms with E-state index in [9.17, 15) is 0 Å². The van der Waals surface area contributed by atoms with Gasteiger partial charge in [-0.05, 0) is 75.6 Å². The summed E-state index contributed by atoms with van der Waals surface area (Å²) < 4.78 is 6.24. The van der Waals surface area contributed by atoms with Crippen molar-refractivity contribution in [2.75, 3.05) is 10.6 Å². The lowest BCUT2D eigenvalue weighted by molar-refractivity contribution is 0.447. The van der Waals surface area contributed by atoms with Crippen molar-refractivity contribution < 1.29 is 4.74 Å². The highest BCUT2D eigenvalue weighted by molar-refractivity contribution is 5.62. The molecule has 27 heavy (non-hydrogen) atoms. The molecule has 0 bridgehead atoms. The van der Waals surface area contributed by atoms with Crippen LogP contribution in [0.3, 0.4) is 0 Å². The fourth-order valence-corrected chi connectivity index (χ4v) is 4.99. The van der Waals surface area contributed by atoms with Crippen molar-refractivity contribution in [3.8, 4) is 11.5 Å². The number of anilines is 2. The third kappa shape index (κ3) is 3.65. The third-order valence-corrected chi connectivity index (χ3v) is 5.93. The summed E-state index contributed by atoms with van der Waals surface area (Å²) in [5.74, 6) is 2.88. The van der Waals surface area contributed by atoms with Gasteiger partial charge in [-0.1, -0.05) is 26.0 Å². The lowest BCUT2D eigenvalue weighted by atomic mass is 9.82. The maximum atomic E-state index is 6.24. The Morgan fingerprint density at radius 2 is 1.15 bits per heavy atom. The second-order valence-electron chi connectivity index (χ2n) is 9.83. The molecule has 0 amide bonds. The number of hydrogen-bond acceptors (Lipinski definition) is 3. The number of nitrogens with one attached hydrogen (secondary N) is 2. The summed E-state index contributed by atoms with van der Waals surface area (Å²) in [7, 11) is 0. The quantitative estimate of drug-likeness (QED) is 0.609. The first-order valence-corrected chi connectivity index (χ1v) is 10.1. The van der Waals surface area contributed by atoms with Crippen molar-refractivity contribution in [1.29, 1.82) is 0 Å². The number of ether oxygens (including phenoxy) is 1. The summed E-state index contributed by atoms with van der Waals surface area (Å²) in [6.07, 6.45) is 2.29. The molecule has 2 atom stereocenters. The Kier molecular flexibility index (Phi) is 4.17. The zero-order chi connectivity index (χ0) is 19.4. The van der Waals surface area contributed by atoms with Gasteiger partial charge in [-0.3, -0.25) is 0 Å². The molecule has 2 heterocycles. The van der Waals surface area contributed by atoms with Gasteiger partial charge in [0.1, 0.15) is 11.5 Å². The van der Waals surface area contributed by atoms with Crippen LogP contribution >= 0.6 is 0 Å². The fourth-order valence-electron chi connectivity index (χ4n) is 4.99. The molecule has 3 heteroatoms. The van der Waals surface area contributed by atoms with Crippen LogP contribution in [-0.2, 0) is 0 Å². The van der Waals surface area contributed by atoms with Gasteiger partial charge in [-0.25, -0.2) is 0 Å². The van der Waals surface area contributed by atoms with E-state index in [0.29, 0.717) is 11.8 Å². The molecule has 2 aromatic carbocycles. The standard InChI is InChI=1S/C24H32N2O/c1-15-13-23(3,4)25-21-11-17(7-9-19(15)21)27-18-8-10-20-16(2)14-24(5,6)26-22(20)12-18/h7-12,15-16,25-26H,13-14H2,1-6H3. The van der Waals surface area contributed by atoms with Crippen LogP contribution in [0.25, 0.3) is 0 Å². The minimum Gasteiger partial charge on any atom is -0.457 e. The molecule has 0 saturated heterocycles. The van der Waals surface area contributed by atoms with E-state index in [1.807, 2.05) is 0 Å². The second kappa shape index (κ2) is 6.19. The summed E-state index contributed by atoms with van der Waals surface area (Å²) in [6, 6.07) is 12.9. The highest BCUT2D eigenvalue weighted by Gasteiger charge is 2.30. The van der Waals surface area contributed by atoms with Crippen molar-refractivity contribution in [2.45, 2.75) is 77.3 Å². The maximum absolute atomic E-state index is 6.24. The average molecular weight is 365 g/mol. The van der Waals surface area contributed by atoms with Gasteiger partial charge >= 0.3 is 0 Å². The van der Waals surface area contributed by atoms with Crippen LogP contribution in [0.5, 0.6) is 11.5 Å². The number of fused-ring (bicyclic) bond motifs is 2. The Labute approximate surface area is 163 Å². The van der Waals surface area contributed by atoms with E-state index < -0.39 is 0 Å². The molecular formula is C24H32N2O. The molecule has 2 aliphatic heterocycles. The van der Waals surface area contributed by atoms with Crippen LogP contribution in [0.2, 0.25) is 0 Å². The second-order valence-corrected chi connectivity index (χ2v) is 9.83. The normalized spacial score (nSPS) is 24.8. The Hall–Kier alpha value is -2.16. The highest BCUT2D eigenvalue weighted by atomic mass is 16.5. The Balaban J connectivity index is 1.61. The molecule has 2 N–H and O–H groups in total. The van der Waals surface area contributed by atoms with Crippen molar-refractivity contribution in [3.63, 3.8) is 0 Å². The molecule has 2 unspecified atom stereocenters. The van der Waals surface area contributed by atoms with Gasteiger partial charge in [0.2, 0.25) is 0 Å². The smallest absolute Gasteiger partial charge is 0.129 e. The predicted molar refractivity (Wildman–Crippen MR) is 114 cm³/mol. The van der Waals surface area contributed by atoms with E-state index in [1.165, 1.54) is 22.5 Å². The Morgan fingerprint density at radius 1 is 0.741 bits per heavy atom. The minimum absolute atomic E-state index is 0.114. The van der Waals surface area contributed by atoms with Crippen LogP contribution in [0.1, 0.15) is 77.3 Å². The molecule has 4 rings (SSSR count). The zero-order valence-corrected chi connectivity index (χ0v) is 17.4. The van der Waals surface area contributed by atoms with Gasteiger partial charge in [0.25, 0.3) is 0 Å². The number of rotatable bonds is 2. The monoisotopic (exact) mass is 364 g/mol. The van der Waals surface area contributed by atoms with E-state index in [-0.39, 0.29) is 11.1 Å². The average Bonchev–Trinajstić information content (AvgIpc) is 2.51. The van der Waals surface area contributed by atoms with E-state index in [0.717, 1.165) is 24.3 Å². The highest BCUT2D eigenvalue weighted by Crippen LogP contribution is 2.43. The lowest BCUT2D eigenvalue weighted by Crippen LogP contribution is -2.36. The summed E-state index contributed by atoms with van der Waals surface area (Å²) in [6.45, 7) is 13.7. The molecule has 2 aromatic rings. The number of benzene rings is 2. The molecule has 0 spiro atoms. The molecule has 0 radical (unpaired) electrons. The van der Waals surface area contributed by atoms with E-state index >= 15 is 0 Å². The van der Waals surface area contributed by atoms with Gasteiger partial charge in [0.05, 0.1) is 0 Å². The zero-order valence-electron chi connectivity index (χ0n) is 17.4. The summed E-state index contributed by atoms with van der Waals surface area (Å²) in [4.78, 5) is 0. The van der Waals surface area contributed by atoms with Crippen molar-refractivity contribution >= 4 is 11.4 Å². The Morgan fingerprint density at radius 3 is 1.56 bits per heavy atom. The van der Waals surface area contributed by atoms with Crippen LogP contribution in [0.4, 0.5) is 11.4 Å². The SMILES string of the molecule is CC1CC(C)(C)Nc2cc(Oc3ccc4c(c3)NC(C)(C)CC4C)ccc21. The van der Waals surface area contributed by atoms with E-state index in [1.54, 1.807) is 0 Å². The first-order valence-electron chi connectivity index (χ1n) is 10.1. The Bertz CT molecular complexity index is 797. The van der Waals surface area contributed by atoms with Gasteiger partial charge in [0, 0.05) is 34.6 Å². The van der Waals surface area contributed by atoms with E-state index in [2.05, 4.69) is 88.6 Å². The predicted octanol–water partition coefficient (Wildman–Crippen LogP) is 6.87. The fraction of sp³-hybridized carbons (Fsp3) is 0.500. The third-order valence-electron chi connectivity index (χ3n) is 5.93. The largest absolute Gasteiger partial charge is 0.457 e. The van der Waals surface area contributed by atoms with Crippen LogP contribution in [-0.4, -0.2) is 11.1 Å². The van der Waals surface area contributed by atoms with Crippen molar-refractivity contribution in [3.05, 3.63) is 47.5 Å².